The highest BCUT2D eigenvalue weighted by Gasteiger charge is 2.38. The van der Waals surface area contributed by atoms with Crippen molar-refractivity contribution in [1.82, 2.24) is 0 Å². The Bertz CT molecular complexity index is 767. The van der Waals surface area contributed by atoms with E-state index >= 15 is 0 Å². The van der Waals surface area contributed by atoms with Gasteiger partial charge in [0, 0.05) is 5.57 Å². The molecule has 0 amide bonds. The lowest BCUT2D eigenvalue weighted by molar-refractivity contribution is -0.136. The Labute approximate surface area is 130 Å². The number of rotatable bonds is 2. The second kappa shape index (κ2) is 5.28. The van der Waals surface area contributed by atoms with E-state index in [2.05, 4.69) is 42.5 Å². The van der Waals surface area contributed by atoms with E-state index in [-0.39, 0.29) is 5.97 Å². The first-order valence-electron chi connectivity index (χ1n) is 8.07. The number of esters is 1. The van der Waals surface area contributed by atoms with Gasteiger partial charge in [-0.2, -0.15) is 0 Å². The Hall–Kier alpha value is -2.09. The van der Waals surface area contributed by atoms with Crippen LogP contribution in [0, 0.1) is 11.8 Å². The maximum Gasteiger partial charge on any atom is 0.334 e. The molecule has 2 atom stereocenters. The van der Waals surface area contributed by atoms with Crippen LogP contribution in [-0.4, -0.2) is 13.1 Å². The van der Waals surface area contributed by atoms with E-state index in [1.807, 2.05) is 0 Å². The van der Waals surface area contributed by atoms with Crippen LogP contribution in [0.2, 0.25) is 0 Å². The first-order chi connectivity index (χ1) is 10.8. The lowest BCUT2D eigenvalue weighted by Crippen LogP contribution is -2.19. The summed E-state index contributed by atoms with van der Waals surface area (Å²) in [4.78, 5) is 12.4. The Morgan fingerprint density at radius 1 is 1.09 bits per heavy atom. The molecule has 1 fully saturated rings. The second-order valence-electron chi connectivity index (χ2n) is 6.49. The highest BCUT2D eigenvalue weighted by Crippen LogP contribution is 2.49. The van der Waals surface area contributed by atoms with Crippen LogP contribution in [0.3, 0.4) is 0 Å². The molecule has 2 aromatic rings. The van der Waals surface area contributed by atoms with Gasteiger partial charge in [0.15, 0.2) is 0 Å². The summed E-state index contributed by atoms with van der Waals surface area (Å²) in [6.45, 7) is 0. The number of carbonyl (C=O) groups excluding carboxylic acids is 1. The Balaban J connectivity index is 1.96. The smallest absolute Gasteiger partial charge is 0.334 e. The number of fused-ring (bicyclic) bond motifs is 3. The topological polar surface area (TPSA) is 26.3 Å². The second-order valence-corrected chi connectivity index (χ2v) is 6.49. The molecule has 2 heteroatoms. The monoisotopic (exact) mass is 292 g/mol. The van der Waals surface area contributed by atoms with Gasteiger partial charge < -0.3 is 4.74 Å². The highest BCUT2D eigenvalue weighted by atomic mass is 16.5. The van der Waals surface area contributed by atoms with Crippen LogP contribution >= 0.6 is 0 Å². The van der Waals surface area contributed by atoms with E-state index in [9.17, 15) is 4.79 Å². The number of methoxy groups -OCH3 is 1. The maximum absolute atomic E-state index is 12.4. The standard InChI is InChI=1S/C20H20O2/c1-22-20(21)19-15-10-9-13(11-15)12-18(19)17-8-4-6-14-5-2-3-7-16(14)17/h2-8,13,15H,9-12H2,1H3. The van der Waals surface area contributed by atoms with E-state index in [0.29, 0.717) is 5.92 Å². The minimum Gasteiger partial charge on any atom is -0.466 e. The summed E-state index contributed by atoms with van der Waals surface area (Å²) >= 11 is 0. The molecule has 0 spiro atoms. The number of ether oxygens (including phenoxy) is 1. The summed E-state index contributed by atoms with van der Waals surface area (Å²) < 4.78 is 5.11. The Morgan fingerprint density at radius 3 is 2.77 bits per heavy atom. The summed E-state index contributed by atoms with van der Waals surface area (Å²) in [6.07, 6.45) is 4.52. The summed E-state index contributed by atoms with van der Waals surface area (Å²) in [5.74, 6) is 0.987. The van der Waals surface area contributed by atoms with Crippen molar-refractivity contribution >= 4 is 22.3 Å². The molecule has 22 heavy (non-hydrogen) atoms. The van der Waals surface area contributed by atoms with Gasteiger partial charge in [-0.3, -0.25) is 0 Å². The molecule has 2 bridgehead atoms. The number of hydrogen-bond acceptors (Lipinski definition) is 2. The van der Waals surface area contributed by atoms with Gasteiger partial charge in [0.2, 0.25) is 0 Å². The molecule has 2 aliphatic carbocycles. The van der Waals surface area contributed by atoms with E-state index in [0.717, 1.165) is 30.8 Å². The predicted molar refractivity (Wildman–Crippen MR) is 88.3 cm³/mol. The van der Waals surface area contributed by atoms with Gasteiger partial charge in [-0.15, -0.1) is 0 Å². The lowest BCUT2D eigenvalue weighted by Gasteiger charge is -2.26. The fourth-order valence-corrected chi connectivity index (χ4v) is 4.31. The minimum atomic E-state index is -0.131. The van der Waals surface area contributed by atoms with E-state index in [1.165, 1.54) is 35.4 Å². The summed E-state index contributed by atoms with van der Waals surface area (Å²) in [6, 6.07) is 14.8. The number of hydrogen-bond donors (Lipinski definition) is 0. The first kappa shape index (κ1) is 13.6. The molecule has 2 aliphatic rings. The van der Waals surface area contributed by atoms with Crippen molar-refractivity contribution < 1.29 is 9.53 Å². The van der Waals surface area contributed by atoms with Gasteiger partial charge in [-0.05, 0) is 59.4 Å². The summed E-state index contributed by atoms with van der Waals surface area (Å²) in [5.41, 5.74) is 3.38. The number of benzene rings is 2. The molecule has 0 radical (unpaired) electrons. The van der Waals surface area contributed by atoms with Crippen LogP contribution in [0.15, 0.2) is 48.0 Å². The van der Waals surface area contributed by atoms with Gasteiger partial charge in [0.1, 0.15) is 0 Å². The number of carbonyl (C=O) groups is 1. The van der Waals surface area contributed by atoms with Crippen LogP contribution in [-0.2, 0) is 9.53 Å². The third-order valence-electron chi connectivity index (χ3n) is 5.29. The molecule has 2 unspecified atom stereocenters. The van der Waals surface area contributed by atoms with Crippen LogP contribution < -0.4 is 0 Å². The van der Waals surface area contributed by atoms with Crippen LogP contribution in [0.5, 0.6) is 0 Å². The zero-order valence-electron chi connectivity index (χ0n) is 12.8. The quantitative estimate of drug-likeness (QED) is 0.757. The Morgan fingerprint density at radius 2 is 1.91 bits per heavy atom. The molecular formula is C20H20O2. The zero-order valence-corrected chi connectivity index (χ0v) is 12.8. The molecule has 2 aromatic carbocycles. The highest BCUT2D eigenvalue weighted by molar-refractivity contribution is 6.03. The van der Waals surface area contributed by atoms with Gasteiger partial charge in [0.05, 0.1) is 7.11 Å². The molecule has 0 aliphatic heterocycles. The molecule has 1 saturated carbocycles. The summed E-state index contributed by atoms with van der Waals surface area (Å²) in [7, 11) is 1.50. The fourth-order valence-electron chi connectivity index (χ4n) is 4.31. The number of allylic oxidation sites excluding steroid dienone is 1. The molecule has 0 aromatic heterocycles. The van der Waals surface area contributed by atoms with Crippen molar-refractivity contribution in [3.05, 3.63) is 53.6 Å². The minimum absolute atomic E-state index is 0.131. The largest absolute Gasteiger partial charge is 0.466 e. The molecule has 0 N–H and O–H groups in total. The SMILES string of the molecule is COC(=O)C1=C(c2cccc3ccccc23)CC2CCC1C2. The van der Waals surface area contributed by atoms with Crippen LogP contribution in [0.1, 0.15) is 31.2 Å². The molecule has 0 heterocycles. The van der Waals surface area contributed by atoms with Gasteiger partial charge >= 0.3 is 5.97 Å². The normalized spacial score (nSPS) is 23.9. The fraction of sp³-hybridized carbons (Fsp3) is 0.350. The zero-order chi connectivity index (χ0) is 15.1. The Kier molecular flexibility index (Phi) is 3.25. The van der Waals surface area contributed by atoms with Crippen LogP contribution in [0.25, 0.3) is 16.3 Å². The third-order valence-corrected chi connectivity index (χ3v) is 5.29. The molecule has 112 valence electrons. The molecule has 4 rings (SSSR count). The predicted octanol–water partition coefficient (Wildman–Crippen LogP) is 4.59. The summed E-state index contributed by atoms with van der Waals surface area (Å²) in [5, 5.41) is 2.47. The van der Waals surface area contributed by atoms with Crippen molar-refractivity contribution in [3.8, 4) is 0 Å². The van der Waals surface area contributed by atoms with Crippen LogP contribution in [0.4, 0.5) is 0 Å². The van der Waals surface area contributed by atoms with Gasteiger partial charge in [-0.25, -0.2) is 4.79 Å². The molecule has 2 nitrogen and oxygen atoms in total. The maximum atomic E-state index is 12.4. The van der Waals surface area contributed by atoms with Crippen molar-refractivity contribution in [2.45, 2.75) is 25.7 Å². The average molecular weight is 292 g/mol. The third kappa shape index (κ3) is 2.06. The van der Waals surface area contributed by atoms with Gasteiger partial charge in [0.25, 0.3) is 0 Å². The van der Waals surface area contributed by atoms with Crippen molar-refractivity contribution in [1.29, 1.82) is 0 Å². The van der Waals surface area contributed by atoms with E-state index < -0.39 is 0 Å². The molecular weight excluding hydrogens is 272 g/mol. The first-order valence-corrected chi connectivity index (χ1v) is 8.07. The van der Waals surface area contributed by atoms with Gasteiger partial charge in [-0.1, -0.05) is 42.5 Å². The van der Waals surface area contributed by atoms with Crippen molar-refractivity contribution in [3.63, 3.8) is 0 Å². The van der Waals surface area contributed by atoms with E-state index in [4.69, 9.17) is 4.74 Å². The van der Waals surface area contributed by atoms with E-state index in [1.54, 1.807) is 0 Å². The molecule has 0 saturated heterocycles. The average Bonchev–Trinajstić information content (AvgIpc) is 2.95. The van der Waals surface area contributed by atoms with Crippen molar-refractivity contribution in [2.75, 3.05) is 7.11 Å². The van der Waals surface area contributed by atoms with Crippen molar-refractivity contribution in [2.24, 2.45) is 11.8 Å². The lowest BCUT2D eigenvalue weighted by atomic mass is 9.79.